The van der Waals surface area contributed by atoms with Crippen LogP contribution >= 0.6 is 0 Å². The molecule has 0 aromatic rings. The molecule has 1 aliphatic heterocycles. The Morgan fingerprint density at radius 3 is 2.60 bits per heavy atom. The average molecular weight is 285 g/mol. The predicted octanol–water partition coefficient (Wildman–Crippen LogP) is 0.0319. The smallest absolute Gasteiger partial charge is 0.328 e. The quantitative estimate of drug-likeness (QED) is 0.575. The van der Waals surface area contributed by atoms with Crippen LogP contribution in [-0.2, 0) is 14.3 Å². The van der Waals surface area contributed by atoms with Gasteiger partial charge in [0.1, 0.15) is 6.04 Å². The first-order valence-electron chi connectivity index (χ1n) is 7.19. The van der Waals surface area contributed by atoms with Gasteiger partial charge in [0, 0.05) is 12.1 Å². The molecule has 0 aromatic heterocycles. The molecular formula is C14H27N3O3. The molecule has 0 saturated carbocycles. The summed E-state index contributed by atoms with van der Waals surface area (Å²) in [5, 5.41) is 9.25. The first kappa shape index (κ1) is 16.9. The van der Waals surface area contributed by atoms with Crippen LogP contribution in [-0.4, -0.2) is 50.2 Å². The van der Waals surface area contributed by atoms with Gasteiger partial charge in [-0.2, -0.15) is 0 Å². The van der Waals surface area contributed by atoms with Gasteiger partial charge in [-0.3, -0.25) is 4.79 Å². The zero-order valence-corrected chi connectivity index (χ0v) is 12.9. The highest BCUT2D eigenvalue weighted by atomic mass is 16.5. The number of carbonyl (C=O) groups excluding carboxylic acids is 2. The van der Waals surface area contributed by atoms with E-state index in [1.54, 1.807) is 0 Å². The van der Waals surface area contributed by atoms with E-state index in [0.29, 0.717) is 12.3 Å². The molecule has 0 aliphatic carbocycles. The van der Waals surface area contributed by atoms with Crippen molar-refractivity contribution < 1.29 is 14.3 Å². The molecule has 20 heavy (non-hydrogen) atoms. The van der Waals surface area contributed by atoms with Crippen molar-refractivity contribution in [1.29, 1.82) is 0 Å². The van der Waals surface area contributed by atoms with Crippen molar-refractivity contribution in [3.8, 4) is 0 Å². The fourth-order valence-electron chi connectivity index (χ4n) is 2.33. The normalized spacial score (nSPS) is 23.6. The topological polar surface area (TPSA) is 79.5 Å². The lowest BCUT2D eigenvalue weighted by Gasteiger charge is -2.25. The number of amides is 1. The van der Waals surface area contributed by atoms with Crippen molar-refractivity contribution >= 4 is 11.9 Å². The zero-order chi connectivity index (χ0) is 15.2. The summed E-state index contributed by atoms with van der Waals surface area (Å²) in [7, 11) is 1.34. The Kier molecular flexibility index (Phi) is 6.42. The summed E-state index contributed by atoms with van der Waals surface area (Å²) < 4.78 is 4.73. The van der Waals surface area contributed by atoms with Gasteiger partial charge in [-0.25, -0.2) is 4.79 Å². The average Bonchev–Trinajstić information content (AvgIpc) is 2.82. The number of nitrogens with one attached hydrogen (secondary N) is 3. The van der Waals surface area contributed by atoms with Crippen molar-refractivity contribution in [2.45, 2.75) is 45.2 Å². The van der Waals surface area contributed by atoms with Gasteiger partial charge in [-0.15, -0.1) is 0 Å². The van der Waals surface area contributed by atoms with Crippen LogP contribution in [0.15, 0.2) is 0 Å². The molecule has 0 aromatic carbocycles. The van der Waals surface area contributed by atoms with Crippen LogP contribution in [0.5, 0.6) is 0 Å². The summed E-state index contributed by atoms with van der Waals surface area (Å²) in [6, 6.07) is -0.566. The minimum atomic E-state index is -0.566. The Morgan fingerprint density at radius 2 is 2.10 bits per heavy atom. The minimum absolute atomic E-state index is 0.0455. The second kappa shape index (κ2) is 7.59. The Bertz CT molecular complexity index is 339. The van der Waals surface area contributed by atoms with Crippen LogP contribution in [0.1, 0.15) is 33.6 Å². The molecule has 0 bridgehead atoms. The number of esters is 1. The van der Waals surface area contributed by atoms with Crippen molar-refractivity contribution in [3.05, 3.63) is 0 Å². The zero-order valence-electron chi connectivity index (χ0n) is 12.9. The minimum Gasteiger partial charge on any atom is -0.467 e. The molecule has 1 amide bonds. The van der Waals surface area contributed by atoms with Crippen LogP contribution < -0.4 is 16.0 Å². The van der Waals surface area contributed by atoms with E-state index in [-0.39, 0.29) is 24.0 Å². The van der Waals surface area contributed by atoms with Crippen molar-refractivity contribution in [2.75, 3.05) is 26.7 Å². The van der Waals surface area contributed by atoms with E-state index >= 15 is 0 Å². The van der Waals surface area contributed by atoms with E-state index < -0.39 is 6.04 Å². The maximum atomic E-state index is 12.0. The highest BCUT2D eigenvalue weighted by Crippen LogP contribution is 2.12. The second-order valence-corrected chi connectivity index (χ2v) is 6.11. The second-order valence-electron chi connectivity index (χ2n) is 6.11. The summed E-state index contributed by atoms with van der Waals surface area (Å²) >= 11 is 0. The first-order chi connectivity index (χ1) is 9.36. The molecule has 1 aliphatic rings. The molecule has 1 heterocycles. The lowest BCUT2D eigenvalue weighted by molar-refractivity contribution is -0.145. The van der Waals surface area contributed by atoms with Crippen LogP contribution in [0, 0.1) is 5.92 Å². The monoisotopic (exact) mass is 285 g/mol. The molecule has 116 valence electrons. The summed E-state index contributed by atoms with van der Waals surface area (Å²) in [5.41, 5.74) is -0.0455. The van der Waals surface area contributed by atoms with E-state index in [2.05, 4.69) is 22.9 Å². The molecule has 1 saturated heterocycles. The van der Waals surface area contributed by atoms with Crippen LogP contribution in [0.3, 0.4) is 0 Å². The van der Waals surface area contributed by atoms with Gasteiger partial charge < -0.3 is 20.7 Å². The largest absolute Gasteiger partial charge is 0.467 e. The molecular weight excluding hydrogens is 258 g/mol. The van der Waals surface area contributed by atoms with E-state index in [1.807, 2.05) is 13.8 Å². The third kappa shape index (κ3) is 5.46. The number of hydrogen-bond acceptors (Lipinski definition) is 5. The molecule has 6 nitrogen and oxygen atoms in total. The van der Waals surface area contributed by atoms with Gasteiger partial charge in [0.05, 0.1) is 13.7 Å². The summed E-state index contributed by atoms with van der Waals surface area (Å²) in [4.78, 5) is 23.6. The fraction of sp³-hybridized carbons (Fsp3) is 0.857. The van der Waals surface area contributed by atoms with E-state index in [9.17, 15) is 9.59 Å². The summed E-state index contributed by atoms with van der Waals surface area (Å²) in [6.07, 6.45) is 1.57. The maximum absolute atomic E-state index is 12.0. The van der Waals surface area contributed by atoms with Gasteiger partial charge in [0.25, 0.3) is 0 Å². The van der Waals surface area contributed by atoms with Gasteiger partial charge in [-0.05, 0) is 32.2 Å². The molecule has 3 N–H and O–H groups in total. The SMILES string of the molecule is COC(=O)C(CC(C)C)NC(=O)CNC1(C)CCNC1. The van der Waals surface area contributed by atoms with E-state index in [1.165, 1.54) is 7.11 Å². The Labute approximate surface area is 121 Å². The first-order valence-corrected chi connectivity index (χ1v) is 7.19. The van der Waals surface area contributed by atoms with Crippen LogP contribution in [0.2, 0.25) is 0 Å². The molecule has 1 fully saturated rings. The molecule has 0 spiro atoms. The number of ether oxygens (including phenoxy) is 1. The van der Waals surface area contributed by atoms with Gasteiger partial charge in [-0.1, -0.05) is 13.8 Å². The maximum Gasteiger partial charge on any atom is 0.328 e. The highest BCUT2D eigenvalue weighted by molar-refractivity contribution is 5.85. The molecule has 6 heteroatoms. The molecule has 2 atom stereocenters. The standard InChI is InChI=1S/C14H27N3O3/c1-10(2)7-11(13(19)20-4)17-12(18)8-16-14(3)5-6-15-9-14/h10-11,15-16H,5-9H2,1-4H3,(H,17,18). The van der Waals surface area contributed by atoms with E-state index in [0.717, 1.165) is 19.5 Å². The van der Waals surface area contributed by atoms with E-state index in [4.69, 9.17) is 4.74 Å². The fourth-order valence-corrected chi connectivity index (χ4v) is 2.33. The Balaban J connectivity index is 2.42. The van der Waals surface area contributed by atoms with Gasteiger partial charge in [0.2, 0.25) is 5.91 Å². The third-order valence-electron chi connectivity index (χ3n) is 3.57. The lowest BCUT2D eigenvalue weighted by Crippen LogP contribution is -2.51. The van der Waals surface area contributed by atoms with Crippen LogP contribution in [0.4, 0.5) is 0 Å². The molecule has 1 rings (SSSR count). The Hall–Kier alpha value is -1.14. The number of methoxy groups -OCH3 is 1. The molecule has 2 unspecified atom stereocenters. The number of rotatable bonds is 7. The van der Waals surface area contributed by atoms with Gasteiger partial charge in [0.15, 0.2) is 0 Å². The number of hydrogen-bond donors (Lipinski definition) is 3. The van der Waals surface area contributed by atoms with Gasteiger partial charge >= 0.3 is 5.97 Å². The molecule has 0 radical (unpaired) electrons. The van der Waals surface area contributed by atoms with Crippen LogP contribution in [0.25, 0.3) is 0 Å². The van der Waals surface area contributed by atoms with Crippen molar-refractivity contribution in [3.63, 3.8) is 0 Å². The predicted molar refractivity (Wildman–Crippen MR) is 77.3 cm³/mol. The Morgan fingerprint density at radius 1 is 1.40 bits per heavy atom. The lowest BCUT2D eigenvalue weighted by atomic mass is 10.0. The summed E-state index contributed by atoms with van der Waals surface area (Å²) in [6.45, 7) is 8.13. The van der Waals surface area contributed by atoms with Crippen molar-refractivity contribution in [2.24, 2.45) is 5.92 Å². The van der Waals surface area contributed by atoms with Crippen molar-refractivity contribution in [1.82, 2.24) is 16.0 Å². The number of carbonyl (C=O) groups is 2. The summed E-state index contributed by atoms with van der Waals surface area (Å²) in [5.74, 6) is -0.251. The highest BCUT2D eigenvalue weighted by Gasteiger charge is 2.29. The third-order valence-corrected chi connectivity index (χ3v) is 3.57.